The maximum Gasteiger partial charge on any atom is 0.242 e. The predicted octanol–water partition coefficient (Wildman–Crippen LogP) is 0.916. The smallest absolute Gasteiger partial charge is 0.242 e. The van der Waals surface area contributed by atoms with Crippen molar-refractivity contribution in [2.45, 2.75) is 37.6 Å². The summed E-state index contributed by atoms with van der Waals surface area (Å²) in [4.78, 5) is 12.7. The number of carbonyl (C=O) groups is 1. The monoisotopic (exact) mass is 403 g/mol. The quantitative estimate of drug-likeness (QED) is 0.787. The zero-order valence-corrected chi connectivity index (χ0v) is 17.2. The van der Waals surface area contributed by atoms with E-state index in [1.54, 1.807) is 19.9 Å². The Balaban J connectivity index is 2.38. The van der Waals surface area contributed by atoms with Crippen molar-refractivity contribution in [2.24, 2.45) is 0 Å². The summed E-state index contributed by atoms with van der Waals surface area (Å²) in [6, 6.07) is 2.19. The number of amides is 1. The van der Waals surface area contributed by atoms with E-state index in [4.69, 9.17) is 0 Å². The van der Waals surface area contributed by atoms with Gasteiger partial charge in [-0.25, -0.2) is 21.1 Å². The molecule has 1 atom stereocenters. The van der Waals surface area contributed by atoms with Crippen LogP contribution in [0.15, 0.2) is 17.0 Å². The molecule has 0 saturated carbocycles. The van der Waals surface area contributed by atoms with Gasteiger partial charge in [0.25, 0.3) is 0 Å². The average molecular weight is 404 g/mol. The van der Waals surface area contributed by atoms with Gasteiger partial charge in [0.2, 0.25) is 26.0 Å². The number of nitrogens with one attached hydrogen (secondary N) is 1. The van der Waals surface area contributed by atoms with Gasteiger partial charge in [-0.05, 0) is 49.9 Å². The van der Waals surface area contributed by atoms with Gasteiger partial charge in [0.05, 0.1) is 11.2 Å². The minimum atomic E-state index is -3.65. The van der Waals surface area contributed by atoms with Crippen molar-refractivity contribution >= 4 is 31.6 Å². The minimum Gasteiger partial charge on any atom is -0.324 e. The number of carbonyl (C=O) groups excluding carboxylic acids is 1. The second-order valence-corrected chi connectivity index (χ2v) is 10.8. The van der Waals surface area contributed by atoms with Gasteiger partial charge in [-0.2, -0.15) is 4.31 Å². The zero-order valence-electron chi connectivity index (χ0n) is 15.6. The highest BCUT2D eigenvalue weighted by Gasteiger charge is 2.36. The second kappa shape index (κ2) is 7.26. The van der Waals surface area contributed by atoms with Gasteiger partial charge < -0.3 is 5.32 Å². The van der Waals surface area contributed by atoms with Crippen LogP contribution >= 0.6 is 0 Å². The first kappa shape index (κ1) is 20.8. The summed E-state index contributed by atoms with van der Waals surface area (Å²) >= 11 is 0. The lowest BCUT2D eigenvalue weighted by molar-refractivity contribution is -0.119. The van der Waals surface area contributed by atoms with E-state index >= 15 is 0 Å². The highest BCUT2D eigenvalue weighted by atomic mass is 32.2. The summed E-state index contributed by atoms with van der Waals surface area (Å²) in [7, 11) is -4.26. The number of rotatable bonds is 5. The van der Waals surface area contributed by atoms with Crippen molar-refractivity contribution < 1.29 is 21.6 Å². The fraction of sp³-hybridized carbons (Fsp3) is 0.562. The maximum atomic E-state index is 12.7. The molecule has 1 N–H and O–H groups in total. The summed E-state index contributed by atoms with van der Waals surface area (Å²) in [6.45, 7) is 3.85. The fourth-order valence-electron chi connectivity index (χ4n) is 2.93. The predicted molar refractivity (Wildman–Crippen MR) is 100.0 cm³/mol. The number of aryl methyl sites for hydroxylation is 1. The summed E-state index contributed by atoms with van der Waals surface area (Å²) < 4.78 is 50.8. The Morgan fingerprint density at radius 3 is 2.35 bits per heavy atom. The number of anilines is 1. The Bertz CT molecular complexity index is 923. The van der Waals surface area contributed by atoms with Crippen molar-refractivity contribution in [3.05, 3.63) is 23.3 Å². The maximum absolute atomic E-state index is 12.7. The average Bonchev–Trinajstić information content (AvgIpc) is 3.01. The molecular weight excluding hydrogens is 378 g/mol. The van der Waals surface area contributed by atoms with Gasteiger partial charge in [0.15, 0.2) is 0 Å². The van der Waals surface area contributed by atoms with E-state index in [0.29, 0.717) is 25.1 Å². The summed E-state index contributed by atoms with van der Waals surface area (Å²) in [5.41, 5.74) is 1.82. The molecule has 1 aromatic rings. The van der Waals surface area contributed by atoms with E-state index in [2.05, 4.69) is 5.32 Å². The fourth-order valence-corrected chi connectivity index (χ4v) is 5.07. The Morgan fingerprint density at radius 2 is 1.81 bits per heavy atom. The molecule has 0 radical (unpaired) electrons. The molecule has 1 fully saturated rings. The first-order valence-electron chi connectivity index (χ1n) is 8.17. The molecule has 8 nitrogen and oxygen atoms in total. The first-order chi connectivity index (χ1) is 11.9. The van der Waals surface area contributed by atoms with Crippen molar-refractivity contribution in [1.82, 2.24) is 8.61 Å². The van der Waals surface area contributed by atoms with E-state index in [9.17, 15) is 21.6 Å². The zero-order chi connectivity index (χ0) is 19.9. The van der Waals surface area contributed by atoms with Crippen LogP contribution in [0.2, 0.25) is 0 Å². The molecule has 0 aliphatic carbocycles. The van der Waals surface area contributed by atoms with Gasteiger partial charge in [0, 0.05) is 26.3 Å². The minimum absolute atomic E-state index is 0.0762. The van der Waals surface area contributed by atoms with Gasteiger partial charge in [-0.15, -0.1) is 0 Å². The van der Waals surface area contributed by atoms with E-state index in [1.807, 2.05) is 0 Å². The first-order valence-corrected chi connectivity index (χ1v) is 11.5. The molecule has 1 aromatic carbocycles. The lowest BCUT2D eigenvalue weighted by Gasteiger charge is -2.22. The summed E-state index contributed by atoms with van der Waals surface area (Å²) in [5.74, 6) is -0.449. The molecular formula is C16H25N3O5S2. The van der Waals surface area contributed by atoms with Crippen molar-refractivity contribution in [3.63, 3.8) is 0 Å². The van der Waals surface area contributed by atoms with Gasteiger partial charge in [-0.3, -0.25) is 4.79 Å². The molecule has 1 saturated heterocycles. The number of hydrogen-bond acceptors (Lipinski definition) is 5. The van der Waals surface area contributed by atoms with Crippen LogP contribution in [-0.2, 0) is 24.8 Å². The molecule has 0 unspecified atom stereocenters. The highest BCUT2D eigenvalue weighted by Crippen LogP contribution is 2.27. The molecule has 0 spiro atoms. The highest BCUT2D eigenvalue weighted by molar-refractivity contribution is 7.89. The summed E-state index contributed by atoms with van der Waals surface area (Å²) in [5, 5.41) is 2.72. The van der Waals surface area contributed by atoms with E-state index in [1.165, 1.54) is 24.5 Å². The number of nitrogens with zero attached hydrogens (tertiary/aromatic N) is 2. The van der Waals surface area contributed by atoms with Gasteiger partial charge >= 0.3 is 0 Å². The molecule has 2 rings (SSSR count). The lowest BCUT2D eigenvalue weighted by atomic mass is 10.1. The molecule has 0 bridgehead atoms. The van der Waals surface area contributed by atoms with E-state index in [-0.39, 0.29) is 4.90 Å². The normalized spacial score (nSPS) is 19.1. The van der Waals surface area contributed by atoms with Crippen LogP contribution in [0.4, 0.5) is 5.69 Å². The molecule has 1 heterocycles. The van der Waals surface area contributed by atoms with Crippen molar-refractivity contribution in [1.29, 1.82) is 0 Å². The molecule has 1 aliphatic rings. The molecule has 1 amide bonds. The van der Waals surface area contributed by atoms with Crippen LogP contribution < -0.4 is 5.32 Å². The topological polar surface area (TPSA) is 104 Å². The van der Waals surface area contributed by atoms with Crippen LogP contribution in [0.3, 0.4) is 0 Å². The Kier molecular flexibility index (Phi) is 5.81. The van der Waals surface area contributed by atoms with E-state index in [0.717, 1.165) is 21.7 Å². The molecule has 146 valence electrons. The third kappa shape index (κ3) is 4.08. The number of benzene rings is 1. The van der Waals surface area contributed by atoms with Crippen LogP contribution in [0.1, 0.15) is 24.0 Å². The Morgan fingerprint density at radius 1 is 1.19 bits per heavy atom. The second-order valence-electron chi connectivity index (χ2n) is 6.72. The molecule has 26 heavy (non-hydrogen) atoms. The SMILES string of the molecule is Cc1cc(S(=O)(=O)N(C)C)cc(NC(=O)[C@H]2CCCN2S(C)(=O)=O)c1C. The number of sulfonamides is 2. The largest absolute Gasteiger partial charge is 0.324 e. The third-order valence-electron chi connectivity index (χ3n) is 4.61. The number of hydrogen-bond donors (Lipinski definition) is 1. The van der Waals surface area contributed by atoms with Crippen LogP contribution in [0, 0.1) is 13.8 Å². The Labute approximate surface area is 155 Å². The van der Waals surface area contributed by atoms with Gasteiger partial charge in [0.1, 0.15) is 6.04 Å². The third-order valence-corrected chi connectivity index (χ3v) is 7.69. The summed E-state index contributed by atoms with van der Waals surface area (Å²) in [6.07, 6.45) is 2.13. The van der Waals surface area contributed by atoms with E-state index < -0.39 is 32.0 Å². The van der Waals surface area contributed by atoms with Crippen LogP contribution in [0.25, 0.3) is 0 Å². The Hall–Kier alpha value is -1.49. The van der Waals surface area contributed by atoms with Crippen LogP contribution in [0.5, 0.6) is 0 Å². The lowest BCUT2D eigenvalue weighted by Crippen LogP contribution is -2.42. The van der Waals surface area contributed by atoms with Crippen molar-refractivity contribution in [3.8, 4) is 0 Å². The van der Waals surface area contributed by atoms with Gasteiger partial charge in [-0.1, -0.05) is 0 Å². The molecule has 10 heteroatoms. The van der Waals surface area contributed by atoms with Crippen LogP contribution in [-0.4, -0.2) is 64.3 Å². The molecule has 1 aliphatic heterocycles. The standard InChI is InChI=1S/C16H25N3O5S2/c1-11-9-13(26(23,24)18(3)4)10-14(12(11)2)17-16(20)15-7-6-8-19(15)25(5,21)22/h9-10,15H,6-8H2,1-5H3,(H,17,20)/t15-/m1/s1. The van der Waals surface area contributed by atoms with Crippen molar-refractivity contribution in [2.75, 3.05) is 32.2 Å². The molecule has 0 aromatic heterocycles.